The van der Waals surface area contributed by atoms with Gasteiger partial charge in [-0.15, -0.1) is 0 Å². The lowest BCUT2D eigenvalue weighted by molar-refractivity contribution is -0.144. The molecule has 0 bridgehead atoms. The van der Waals surface area contributed by atoms with Crippen LogP contribution in [0.4, 0.5) is 0 Å². The van der Waals surface area contributed by atoms with Gasteiger partial charge >= 0.3 is 0 Å². The summed E-state index contributed by atoms with van der Waals surface area (Å²) in [5, 5.41) is 9.62. The van der Waals surface area contributed by atoms with Crippen LogP contribution in [0.1, 0.15) is 120 Å². The van der Waals surface area contributed by atoms with Crippen molar-refractivity contribution < 1.29 is 5.11 Å². The van der Waals surface area contributed by atoms with Crippen LogP contribution in [-0.2, 0) is 0 Å². The van der Waals surface area contributed by atoms with Gasteiger partial charge in [-0.3, -0.25) is 0 Å². The number of aliphatic hydroxyl groups is 1. The van der Waals surface area contributed by atoms with E-state index < -0.39 is 0 Å². The first-order valence-electron chi connectivity index (χ1n) is 13.4. The van der Waals surface area contributed by atoms with Gasteiger partial charge in [0.2, 0.25) is 0 Å². The quantitative estimate of drug-likeness (QED) is 0.402. The van der Waals surface area contributed by atoms with Crippen molar-refractivity contribution in [2.24, 2.45) is 39.9 Å². The molecule has 3 rings (SSSR count). The maximum atomic E-state index is 9.62. The molecular formula is C30H52O. The number of allylic oxidation sites excluding steroid dienone is 4. The molecule has 7 atom stereocenters. The number of fused-ring (bicyclic) bond motifs is 3. The third-order valence-electron chi connectivity index (χ3n) is 10.9. The summed E-state index contributed by atoms with van der Waals surface area (Å²) in [6.45, 7) is 20.1. The monoisotopic (exact) mass is 428 g/mol. The van der Waals surface area contributed by atoms with Crippen LogP contribution in [0.25, 0.3) is 0 Å². The summed E-state index contributed by atoms with van der Waals surface area (Å²) >= 11 is 0. The normalized spacial score (nSPS) is 40.8. The summed E-state index contributed by atoms with van der Waals surface area (Å²) in [4.78, 5) is 0. The first-order chi connectivity index (χ1) is 14.5. The molecule has 3 saturated carbocycles. The van der Waals surface area contributed by atoms with Gasteiger partial charge in [-0.05, 0) is 132 Å². The minimum Gasteiger partial charge on any atom is -0.396 e. The largest absolute Gasteiger partial charge is 0.396 e. The Hall–Kier alpha value is -0.560. The van der Waals surface area contributed by atoms with Crippen LogP contribution in [0.5, 0.6) is 0 Å². The number of aliphatic hydroxyl groups excluding tert-OH is 1. The second-order valence-electron chi connectivity index (χ2n) is 12.9. The fourth-order valence-electron chi connectivity index (χ4n) is 9.04. The molecule has 1 unspecified atom stereocenters. The predicted octanol–water partition coefficient (Wildman–Crippen LogP) is 8.73. The minimum atomic E-state index is 0.341. The molecule has 0 amide bonds. The molecule has 3 aliphatic rings. The van der Waals surface area contributed by atoms with Crippen LogP contribution in [0.15, 0.2) is 22.8 Å². The van der Waals surface area contributed by atoms with E-state index in [-0.39, 0.29) is 0 Å². The van der Waals surface area contributed by atoms with Crippen molar-refractivity contribution in [3.63, 3.8) is 0 Å². The van der Waals surface area contributed by atoms with E-state index in [9.17, 15) is 5.11 Å². The van der Waals surface area contributed by atoms with E-state index >= 15 is 0 Å². The van der Waals surface area contributed by atoms with Gasteiger partial charge in [0.25, 0.3) is 0 Å². The second kappa shape index (κ2) is 9.36. The van der Waals surface area contributed by atoms with Crippen LogP contribution in [0.3, 0.4) is 0 Å². The summed E-state index contributed by atoms with van der Waals surface area (Å²) in [6.07, 6.45) is 15.5. The molecule has 0 aromatic rings. The Bertz CT molecular complexity index is 693. The third kappa shape index (κ3) is 4.22. The van der Waals surface area contributed by atoms with Crippen LogP contribution < -0.4 is 0 Å². The molecule has 0 aromatic carbocycles. The fraction of sp³-hybridized carbons (Fsp3) is 0.867. The highest BCUT2D eigenvalue weighted by atomic mass is 16.2. The number of rotatable bonds is 7. The average molecular weight is 429 g/mol. The Kier molecular flexibility index (Phi) is 7.57. The van der Waals surface area contributed by atoms with Crippen LogP contribution >= 0.6 is 0 Å². The van der Waals surface area contributed by atoms with Gasteiger partial charge < -0.3 is 5.11 Å². The lowest BCUT2D eigenvalue weighted by Gasteiger charge is -2.65. The van der Waals surface area contributed by atoms with Crippen molar-refractivity contribution >= 4 is 0 Å². The lowest BCUT2D eigenvalue weighted by atomic mass is 9.40. The van der Waals surface area contributed by atoms with Gasteiger partial charge in [-0.1, -0.05) is 50.5 Å². The van der Waals surface area contributed by atoms with Crippen molar-refractivity contribution in [1.82, 2.24) is 0 Å². The van der Waals surface area contributed by atoms with Crippen molar-refractivity contribution in [1.29, 1.82) is 0 Å². The van der Waals surface area contributed by atoms with E-state index in [0.29, 0.717) is 28.8 Å². The Labute approximate surface area is 194 Å². The van der Waals surface area contributed by atoms with Crippen LogP contribution in [0, 0.1) is 39.9 Å². The van der Waals surface area contributed by atoms with E-state index in [0.717, 1.165) is 24.2 Å². The number of hydrogen-bond acceptors (Lipinski definition) is 1. The maximum Gasteiger partial charge on any atom is 0.0431 e. The summed E-state index contributed by atoms with van der Waals surface area (Å²) in [7, 11) is 0. The zero-order valence-electron chi connectivity index (χ0n) is 22.1. The second-order valence-corrected chi connectivity index (χ2v) is 12.9. The van der Waals surface area contributed by atoms with E-state index in [1.807, 2.05) is 0 Å². The third-order valence-corrected chi connectivity index (χ3v) is 10.9. The van der Waals surface area contributed by atoms with Crippen molar-refractivity contribution in [2.45, 2.75) is 120 Å². The molecule has 1 heteroatoms. The average Bonchev–Trinajstić information content (AvgIpc) is 2.97. The zero-order chi connectivity index (χ0) is 23.0. The van der Waals surface area contributed by atoms with Gasteiger partial charge in [0.15, 0.2) is 0 Å². The molecule has 0 heterocycles. The molecule has 0 aromatic heterocycles. The highest BCUT2D eigenvalue weighted by molar-refractivity contribution is 5.25. The Balaban J connectivity index is 1.88. The minimum absolute atomic E-state index is 0.341. The Morgan fingerprint density at radius 3 is 2.35 bits per heavy atom. The lowest BCUT2D eigenvalue weighted by Crippen LogP contribution is -2.57. The topological polar surface area (TPSA) is 20.2 Å². The van der Waals surface area contributed by atoms with Crippen molar-refractivity contribution in [3.05, 3.63) is 22.8 Å². The van der Waals surface area contributed by atoms with E-state index in [2.05, 4.69) is 61.5 Å². The predicted molar refractivity (Wildman–Crippen MR) is 135 cm³/mol. The molecule has 178 valence electrons. The molecule has 0 radical (unpaired) electrons. The first-order valence-corrected chi connectivity index (χ1v) is 13.4. The fourth-order valence-corrected chi connectivity index (χ4v) is 9.04. The molecule has 3 aliphatic carbocycles. The Morgan fingerprint density at radius 2 is 1.74 bits per heavy atom. The van der Waals surface area contributed by atoms with Gasteiger partial charge in [0.05, 0.1) is 0 Å². The molecule has 0 saturated heterocycles. The van der Waals surface area contributed by atoms with Crippen molar-refractivity contribution in [2.75, 3.05) is 6.61 Å². The first kappa shape index (κ1) is 25.1. The molecule has 31 heavy (non-hydrogen) atoms. The molecular weight excluding hydrogens is 376 g/mol. The van der Waals surface area contributed by atoms with Crippen LogP contribution in [0.2, 0.25) is 0 Å². The van der Waals surface area contributed by atoms with Gasteiger partial charge in [0.1, 0.15) is 0 Å². The van der Waals surface area contributed by atoms with Crippen molar-refractivity contribution in [3.8, 4) is 0 Å². The summed E-state index contributed by atoms with van der Waals surface area (Å²) in [5.74, 6) is 3.22. The zero-order valence-corrected chi connectivity index (χ0v) is 22.1. The van der Waals surface area contributed by atoms with Gasteiger partial charge in [-0.25, -0.2) is 0 Å². The SMILES string of the molecule is CC(C)=CCCC(C)[C@@H]1CC[C@]2(C)[C@H]3CCC(=C(C)C)[C@@H](CCCO)[C@@]3(C)CC[C@@]12C. The van der Waals surface area contributed by atoms with E-state index in [1.165, 1.54) is 63.4 Å². The molecule has 1 nitrogen and oxygen atoms in total. The molecule has 0 spiro atoms. The maximum absolute atomic E-state index is 9.62. The number of hydrogen-bond donors (Lipinski definition) is 1. The molecule has 1 N–H and O–H groups in total. The smallest absolute Gasteiger partial charge is 0.0431 e. The van der Waals surface area contributed by atoms with E-state index in [4.69, 9.17) is 0 Å². The summed E-state index contributed by atoms with van der Waals surface area (Å²) in [5.41, 5.74) is 6.14. The van der Waals surface area contributed by atoms with E-state index in [1.54, 1.807) is 11.1 Å². The van der Waals surface area contributed by atoms with Gasteiger partial charge in [-0.2, -0.15) is 0 Å². The molecule has 0 aliphatic heterocycles. The summed E-state index contributed by atoms with van der Waals surface area (Å²) < 4.78 is 0. The van der Waals surface area contributed by atoms with Gasteiger partial charge in [0, 0.05) is 6.61 Å². The Morgan fingerprint density at radius 1 is 1.03 bits per heavy atom. The van der Waals surface area contributed by atoms with Crippen LogP contribution in [-0.4, -0.2) is 11.7 Å². The standard InChI is InChI=1S/C30H52O/c1-21(2)11-9-12-23(5)25-16-17-30(8)27-15-14-24(22(3)4)26(13-10-20-31)28(27,6)18-19-29(25,30)7/h11,23,25-27,31H,9-10,12-20H2,1-8H3/t23?,25-,26+,27-,28+,29-,30+/m0/s1. The highest BCUT2D eigenvalue weighted by Crippen LogP contribution is 2.74. The summed E-state index contributed by atoms with van der Waals surface area (Å²) in [6, 6.07) is 0. The highest BCUT2D eigenvalue weighted by Gasteiger charge is 2.66. The molecule has 3 fully saturated rings.